The Morgan fingerprint density at radius 3 is 2.60 bits per heavy atom. The van der Waals surface area contributed by atoms with Gasteiger partial charge in [0.05, 0.1) is 35.3 Å². The Morgan fingerprint density at radius 2 is 1.88 bits per heavy atom. The molecule has 0 aliphatic carbocycles. The van der Waals surface area contributed by atoms with Crippen molar-refractivity contribution in [1.29, 1.82) is 0 Å². The van der Waals surface area contributed by atoms with Crippen molar-refractivity contribution in [2.45, 2.75) is 31.4 Å². The van der Waals surface area contributed by atoms with Crippen molar-refractivity contribution in [2.75, 3.05) is 66.6 Å². The van der Waals surface area contributed by atoms with Crippen LogP contribution in [0.3, 0.4) is 0 Å². The highest BCUT2D eigenvalue weighted by Crippen LogP contribution is 2.35. The first-order valence-corrected chi connectivity index (χ1v) is 15.8. The van der Waals surface area contributed by atoms with Gasteiger partial charge >= 0.3 is 0 Å². The van der Waals surface area contributed by atoms with E-state index in [4.69, 9.17) is 21.7 Å². The summed E-state index contributed by atoms with van der Waals surface area (Å²) >= 11 is 6.23. The number of aliphatic hydroxyl groups excluding tert-OH is 1. The number of β-amino-alcohol motifs (C(OH)–C–C–N with tert-alkyl or cyclic N) is 1. The maximum Gasteiger partial charge on any atom is 0.256 e. The lowest BCUT2D eigenvalue weighted by Gasteiger charge is -2.37. The highest BCUT2D eigenvalue weighted by atomic mass is 35.5. The molecule has 6 rings (SSSR count). The van der Waals surface area contributed by atoms with Crippen LogP contribution in [0.4, 0.5) is 17.3 Å². The molecule has 14 heteroatoms. The predicted molar refractivity (Wildman–Crippen MR) is 154 cm³/mol. The number of sulfonamides is 1. The van der Waals surface area contributed by atoms with Crippen LogP contribution in [0.2, 0.25) is 5.02 Å². The van der Waals surface area contributed by atoms with Crippen LogP contribution < -0.4 is 19.8 Å². The van der Waals surface area contributed by atoms with Gasteiger partial charge in [-0.2, -0.15) is 9.61 Å². The van der Waals surface area contributed by atoms with E-state index in [1.807, 2.05) is 16.6 Å². The number of hydrogen-bond donors (Lipinski definition) is 3. The summed E-state index contributed by atoms with van der Waals surface area (Å²) in [5.41, 5.74) is 1.81. The molecule has 3 aromatic rings. The number of piperazine rings is 1. The Labute approximate surface area is 238 Å². The highest BCUT2D eigenvalue weighted by molar-refractivity contribution is 7.92. The van der Waals surface area contributed by atoms with Crippen LogP contribution in [0.25, 0.3) is 5.65 Å². The summed E-state index contributed by atoms with van der Waals surface area (Å²) in [5, 5.41) is 18.6. The summed E-state index contributed by atoms with van der Waals surface area (Å²) in [6.07, 6.45) is 3.18. The number of benzene rings is 1. The van der Waals surface area contributed by atoms with Gasteiger partial charge in [0.15, 0.2) is 5.65 Å². The second-order valence-corrected chi connectivity index (χ2v) is 12.9. The number of piperidine rings is 1. The molecule has 40 heavy (non-hydrogen) atoms. The van der Waals surface area contributed by atoms with Crippen molar-refractivity contribution < 1.29 is 18.3 Å². The van der Waals surface area contributed by atoms with E-state index < -0.39 is 10.0 Å². The monoisotopic (exact) mass is 588 g/mol. The zero-order valence-corrected chi connectivity index (χ0v) is 23.8. The Kier molecular flexibility index (Phi) is 7.23. The zero-order valence-electron chi connectivity index (χ0n) is 22.3. The summed E-state index contributed by atoms with van der Waals surface area (Å²) in [7, 11) is -3.60. The number of anilines is 3. The minimum Gasteiger partial charge on any atom is -0.389 e. The van der Waals surface area contributed by atoms with Gasteiger partial charge in [-0.15, -0.1) is 0 Å². The molecule has 0 spiro atoms. The van der Waals surface area contributed by atoms with E-state index >= 15 is 0 Å². The number of nitrogens with one attached hydrogen (secondary N) is 2. The van der Waals surface area contributed by atoms with Crippen molar-refractivity contribution >= 4 is 50.5 Å². The van der Waals surface area contributed by atoms with Gasteiger partial charge < -0.3 is 25.1 Å². The Balaban J connectivity index is 1.38. The SMILES string of the molecule is CS(=O)(=O)Nc1ccc(Cl)cc1C(=O)N1CCCC[C@H]1c1cc2nc(N3CC(O)C3)cc(N3CCNCC3)n2n1. The first-order chi connectivity index (χ1) is 19.2. The number of aromatic nitrogens is 3. The van der Waals surface area contributed by atoms with E-state index in [1.165, 1.54) is 12.1 Å². The van der Waals surface area contributed by atoms with Crippen molar-refractivity contribution in [3.8, 4) is 0 Å². The van der Waals surface area contributed by atoms with Crippen molar-refractivity contribution in [3.05, 3.63) is 46.6 Å². The fraction of sp³-hybridized carbons (Fsp3) is 0.500. The predicted octanol–water partition coefficient (Wildman–Crippen LogP) is 1.71. The van der Waals surface area contributed by atoms with Crippen LogP contribution in [0, 0.1) is 0 Å². The molecule has 3 N–H and O–H groups in total. The number of amides is 1. The normalized spacial score (nSPS) is 20.6. The topological polar surface area (TPSA) is 135 Å². The quantitative estimate of drug-likeness (QED) is 0.393. The molecule has 214 valence electrons. The van der Waals surface area contributed by atoms with Gasteiger partial charge in [0.2, 0.25) is 10.0 Å². The van der Waals surface area contributed by atoms with Gasteiger partial charge in [-0.3, -0.25) is 9.52 Å². The molecule has 2 aromatic heterocycles. The van der Waals surface area contributed by atoms with Crippen molar-refractivity contribution in [2.24, 2.45) is 0 Å². The molecule has 3 aliphatic heterocycles. The maximum atomic E-state index is 13.9. The van der Waals surface area contributed by atoms with Crippen molar-refractivity contribution in [3.63, 3.8) is 0 Å². The van der Waals surface area contributed by atoms with Gasteiger partial charge in [0, 0.05) is 63.0 Å². The largest absolute Gasteiger partial charge is 0.389 e. The van der Waals surface area contributed by atoms with Gasteiger partial charge in [-0.05, 0) is 37.5 Å². The number of carbonyl (C=O) groups is 1. The lowest BCUT2D eigenvalue weighted by Crippen LogP contribution is -2.51. The third-order valence-electron chi connectivity index (χ3n) is 7.65. The number of hydrogen-bond acceptors (Lipinski definition) is 9. The number of halogens is 1. The Morgan fingerprint density at radius 1 is 1.10 bits per heavy atom. The first kappa shape index (κ1) is 27.1. The summed E-state index contributed by atoms with van der Waals surface area (Å²) in [5.74, 6) is 1.42. The molecule has 0 bridgehead atoms. The van der Waals surface area contributed by atoms with Crippen LogP contribution in [-0.4, -0.2) is 97.1 Å². The number of nitrogens with zero attached hydrogens (tertiary/aromatic N) is 6. The Hall–Kier alpha value is -3.13. The minimum atomic E-state index is -3.60. The number of fused-ring (bicyclic) bond motifs is 1. The minimum absolute atomic E-state index is 0.195. The average Bonchev–Trinajstić information content (AvgIpc) is 3.35. The molecule has 1 atom stereocenters. The molecule has 3 fully saturated rings. The molecule has 1 amide bonds. The molecule has 5 heterocycles. The molecular formula is C26H33ClN8O4S. The average molecular weight is 589 g/mol. The van der Waals surface area contributed by atoms with Gasteiger partial charge in [0.1, 0.15) is 11.6 Å². The number of carbonyl (C=O) groups excluding carboxylic acids is 1. The fourth-order valence-corrected chi connectivity index (χ4v) is 6.42. The summed E-state index contributed by atoms with van der Waals surface area (Å²) in [6.45, 7) is 4.98. The second-order valence-electron chi connectivity index (χ2n) is 10.7. The van der Waals surface area contributed by atoms with Crippen LogP contribution >= 0.6 is 11.6 Å². The molecule has 1 aromatic carbocycles. The molecule has 0 saturated carbocycles. The summed E-state index contributed by atoms with van der Waals surface area (Å²) in [4.78, 5) is 24.9. The standard InChI is InChI=1S/C26H33ClN8O4S/c1-40(38,39)31-20-6-5-17(27)12-19(20)26(37)34-9-3-2-4-22(34)21-13-24-29-23(33-15-18(36)16-33)14-25(35(24)30-21)32-10-7-28-8-11-32/h5-6,12-14,18,22,28,31,36H,2-4,7-11,15-16H2,1H3/t22-/m0/s1. The van der Waals surface area contributed by atoms with Gasteiger partial charge in [-0.25, -0.2) is 13.4 Å². The van der Waals surface area contributed by atoms with Crippen LogP contribution in [0.1, 0.15) is 41.4 Å². The number of likely N-dealkylation sites (tertiary alicyclic amines) is 1. The second kappa shape index (κ2) is 10.7. The van der Waals surface area contributed by atoms with E-state index in [-0.39, 0.29) is 29.3 Å². The smallest absolute Gasteiger partial charge is 0.256 e. The first-order valence-electron chi connectivity index (χ1n) is 13.5. The number of rotatable bonds is 6. The third kappa shape index (κ3) is 5.42. The lowest BCUT2D eigenvalue weighted by molar-refractivity contribution is 0.0607. The summed E-state index contributed by atoms with van der Waals surface area (Å²) < 4.78 is 28.3. The molecular weight excluding hydrogens is 556 g/mol. The zero-order chi connectivity index (χ0) is 28.0. The van der Waals surface area contributed by atoms with E-state index in [2.05, 4.69) is 19.8 Å². The molecule has 0 radical (unpaired) electrons. The summed E-state index contributed by atoms with van der Waals surface area (Å²) in [6, 6.07) is 8.23. The Bertz CT molecular complexity index is 1530. The lowest BCUT2D eigenvalue weighted by atomic mass is 9.98. The van der Waals surface area contributed by atoms with E-state index in [1.54, 1.807) is 11.0 Å². The van der Waals surface area contributed by atoms with E-state index in [0.29, 0.717) is 30.3 Å². The van der Waals surface area contributed by atoms with E-state index in [0.717, 1.165) is 69.0 Å². The van der Waals surface area contributed by atoms with Crippen molar-refractivity contribution in [1.82, 2.24) is 24.8 Å². The molecule has 0 unspecified atom stereocenters. The molecule has 3 saturated heterocycles. The van der Waals surface area contributed by atoms with E-state index in [9.17, 15) is 18.3 Å². The third-order valence-corrected chi connectivity index (χ3v) is 8.48. The maximum absolute atomic E-state index is 13.9. The van der Waals surface area contributed by atoms with Gasteiger partial charge in [0.25, 0.3) is 5.91 Å². The van der Waals surface area contributed by atoms with Crippen LogP contribution in [-0.2, 0) is 10.0 Å². The molecule has 12 nitrogen and oxygen atoms in total. The highest BCUT2D eigenvalue weighted by Gasteiger charge is 2.33. The number of aliphatic hydroxyl groups is 1. The van der Waals surface area contributed by atoms with Gasteiger partial charge in [-0.1, -0.05) is 11.6 Å². The fourth-order valence-electron chi connectivity index (χ4n) is 5.67. The van der Waals surface area contributed by atoms with Crippen LogP contribution in [0.15, 0.2) is 30.3 Å². The van der Waals surface area contributed by atoms with Crippen LogP contribution in [0.5, 0.6) is 0 Å². The molecule has 3 aliphatic rings.